The molecule has 0 saturated carbocycles. The van der Waals surface area contributed by atoms with Gasteiger partial charge in [0, 0.05) is 30.4 Å². The van der Waals surface area contributed by atoms with E-state index in [0.29, 0.717) is 5.56 Å². The van der Waals surface area contributed by atoms with E-state index >= 15 is 0 Å². The average molecular weight is 300 g/mol. The van der Waals surface area contributed by atoms with Crippen LogP contribution >= 0.6 is 0 Å². The predicted molar refractivity (Wildman–Crippen MR) is 84.5 cm³/mol. The number of aliphatic hydroxyl groups is 2. The minimum atomic E-state index is -0.196. The van der Waals surface area contributed by atoms with Crippen LogP contribution < -0.4 is 0 Å². The zero-order valence-electron chi connectivity index (χ0n) is 12.6. The first kappa shape index (κ1) is 16.1. The van der Waals surface area contributed by atoms with Gasteiger partial charge in [-0.25, -0.2) is 0 Å². The lowest BCUT2D eigenvalue weighted by Gasteiger charge is -2.22. The van der Waals surface area contributed by atoms with E-state index in [-0.39, 0.29) is 32.2 Å². The Balaban J connectivity index is 2.38. The number of nitrogens with zero attached hydrogens (tertiary/aromatic N) is 2. The van der Waals surface area contributed by atoms with Crippen molar-refractivity contribution in [3.05, 3.63) is 53.7 Å². The molecule has 0 aliphatic carbocycles. The van der Waals surface area contributed by atoms with E-state index in [1.165, 1.54) is 4.90 Å². The third-order valence-electron chi connectivity index (χ3n) is 3.53. The summed E-state index contributed by atoms with van der Waals surface area (Å²) in [6, 6.07) is 11.1. The molecule has 0 atom stereocenters. The van der Waals surface area contributed by atoms with Crippen LogP contribution in [0.1, 0.15) is 15.9 Å². The fourth-order valence-corrected chi connectivity index (χ4v) is 2.39. The Morgan fingerprint density at radius 2 is 1.82 bits per heavy atom. The molecule has 0 bridgehead atoms. The minimum absolute atomic E-state index is 0.134. The molecule has 116 valence electrons. The van der Waals surface area contributed by atoms with Gasteiger partial charge < -0.3 is 15.1 Å². The fourth-order valence-electron chi connectivity index (χ4n) is 2.39. The molecule has 0 unspecified atom stereocenters. The van der Waals surface area contributed by atoms with Crippen molar-refractivity contribution in [3.8, 4) is 11.3 Å². The normalized spacial score (nSPS) is 10.5. The molecule has 5 heteroatoms. The van der Waals surface area contributed by atoms with Gasteiger partial charge >= 0.3 is 0 Å². The maximum atomic E-state index is 12.6. The Kier molecular flexibility index (Phi) is 5.63. The molecule has 1 amide bonds. The summed E-state index contributed by atoms with van der Waals surface area (Å²) in [7, 11) is 0. The summed E-state index contributed by atoms with van der Waals surface area (Å²) in [5.74, 6) is -0.196. The average Bonchev–Trinajstić information content (AvgIpc) is 2.55. The van der Waals surface area contributed by atoms with Crippen LogP contribution in [0.4, 0.5) is 0 Å². The number of carbonyl (C=O) groups is 1. The Morgan fingerprint density at radius 3 is 2.41 bits per heavy atom. The molecule has 1 heterocycles. The lowest BCUT2D eigenvalue weighted by Crippen LogP contribution is -2.36. The molecule has 0 aliphatic rings. The highest BCUT2D eigenvalue weighted by atomic mass is 16.3. The van der Waals surface area contributed by atoms with Gasteiger partial charge in [0.1, 0.15) is 0 Å². The number of amides is 1. The van der Waals surface area contributed by atoms with Gasteiger partial charge in [-0.3, -0.25) is 9.78 Å². The zero-order valence-corrected chi connectivity index (χ0v) is 12.6. The second kappa shape index (κ2) is 7.68. The van der Waals surface area contributed by atoms with Gasteiger partial charge in [0.2, 0.25) is 0 Å². The first-order chi connectivity index (χ1) is 10.7. The number of aromatic nitrogens is 1. The maximum Gasteiger partial charge on any atom is 0.254 e. The Hall–Kier alpha value is -2.24. The molecule has 1 aromatic heterocycles. The Labute approximate surface area is 129 Å². The van der Waals surface area contributed by atoms with Gasteiger partial charge in [0.15, 0.2) is 0 Å². The molecule has 0 spiro atoms. The van der Waals surface area contributed by atoms with E-state index in [4.69, 9.17) is 10.2 Å². The van der Waals surface area contributed by atoms with Crippen LogP contribution in [0.5, 0.6) is 0 Å². The van der Waals surface area contributed by atoms with E-state index < -0.39 is 0 Å². The van der Waals surface area contributed by atoms with Crippen LogP contribution in [0.2, 0.25) is 0 Å². The monoisotopic (exact) mass is 300 g/mol. The number of rotatable bonds is 6. The summed E-state index contributed by atoms with van der Waals surface area (Å²) in [4.78, 5) is 18.4. The van der Waals surface area contributed by atoms with Crippen LogP contribution in [0.3, 0.4) is 0 Å². The van der Waals surface area contributed by atoms with Crippen molar-refractivity contribution in [2.75, 3.05) is 26.3 Å². The molecule has 0 saturated heterocycles. The van der Waals surface area contributed by atoms with Crippen molar-refractivity contribution in [1.82, 2.24) is 9.88 Å². The first-order valence-corrected chi connectivity index (χ1v) is 7.21. The molecule has 2 rings (SSSR count). The smallest absolute Gasteiger partial charge is 0.254 e. The van der Waals surface area contributed by atoms with E-state index in [0.717, 1.165) is 16.8 Å². The molecular formula is C17H20N2O3. The summed E-state index contributed by atoms with van der Waals surface area (Å²) >= 11 is 0. The van der Waals surface area contributed by atoms with Gasteiger partial charge in [0.25, 0.3) is 5.91 Å². The lowest BCUT2D eigenvalue weighted by molar-refractivity contribution is 0.0684. The number of aliphatic hydroxyl groups excluding tert-OH is 2. The molecule has 22 heavy (non-hydrogen) atoms. The molecule has 1 aromatic carbocycles. The third-order valence-corrected chi connectivity index (χ3v) is 3.53. The lowest BCUT2D eigenvalue weighted by atomic mass is 9.98. The third kappa shape index (κ3) is 3.50. The zero-order chi connectivity index (χ0) is 15.9. The molecule has 2 aromatic rings. The molecule has 0 fully saturated rings. The van der Waals surface area contributed by atoms with Crippen LogP contribution in [-0.4, -0.2) is 52.3 Å². The summed E-state index contributed by atoms with van der Waals surface area (Å²) in [6.07, 6.45) is 1.72. The van der Waals surface area contributed by atoms with Gasteiger partial charge in [-0.15, -0.1) is 0 Å². The van der Waals surface area contributed by atoms with Crippen LogP contribution in [0, 0.1) is 6.92 Å². The number of pyridine rings is 1. The summed E-state index contributed by atoms with van der Waals surface area (Å²) < 4.78 is 0. The van der Waals surface area contributed by atoms with E-state index in [2.05, 4.69) is 4.98 Å². The van der Waals surface area contributed by atoms with Gasteiger partial charge in [-0.05, 0) is 30.7 Å². The van der Waals surface area contributed by atoms with Crippen LogP contribution in [-0.2, 0) is 0 Å². The van der Waals surface area contributed by atoms with Gasteiger partial charge in [-0.1, -0.05) is 18.2 Å². The SMILES string of the molecule is Cc1c(C(=O)N(CCO)CCO)cccc1-c1ccccn1. The Morgan fingerprint density at radius 1 is 1.09 bits per heavy atom. The summed E-state index contributed by atoms with van der Waals surface area (Å²) in [6.45, 7) is 2.02. The number of hydrogen-bond acceptors (Lipinski definition) is 4. The fraction of sp³-hybridized carbons (Fsp3) is 0.294. The highest BCUT2D eigenvalue weighted by molar-refractivity contribution is 5.97. The quantitative estimate of drug-likeness (QED) is 0.847. The van der Waals surface area contributed by atoms with Gasteiger partial charge in [0.05, 0.1) is 18.9 Å². The number of benzene rings is 1. The summed E-state index contributed by atoms with van der Waals surface area (Å²) in [5, 5.41) is 18.2. The van der Waals surface area contributed by atoms with Gasteiger partial charge in [-0.2, -0.15) is 0 Å². The molecule has 5 nitrogen and oxygen atoms in total. The van der Waals surface area contributed by atoms with E-state index in [1.54, 1.807) is 12.3 Å². The molecule has 0 radical (unpaired) electrons. The van der Waals surface area contributed by atoms with Crippen LogP contribution in [0.15, 0.2) is 42.6 Å². The maximum absolute atomic E-state index is 12.6. The minimum Gasteiger partial charge on any atom is -0.395 e. The molecule has 2 N–H and O–H groups in total. The largest absolute Gasteiger partial charge is 0.395 e. The van der Waals surface area contributed by atoms with Crippen LogP contribution in [0.25, 0.3) is 11.3 Å². The van der Waals surface area contributed by atoms with Crippen molar-refractivity contribution >= 4 is 5.91 Å². The van der Waals surface area contributed by atoms with Crippen molar-refractivity contribution in [2.24, 2.45) is 0 Å². The number of hydrogen-bond donors (Lipinski definition) is 2. The van der Waals surface area contributed by atoms with E-state index in [9.17, 15) is 4.79 Å². The molecule has 0 aliphatic heterocycles. The first-order valence-electron chi connectivity index (χ1n) is 7.21. The predicted octanol–water partition coefficient (Wildman–Crippen LogP) is 1.48. The second-order valence-corrected chi connectivity index (χ2v) is 4.93. The molecular weight excluding hydrogens is 280 g/mol. The van der Waals surface area contributed by atoms with Crippen molar-refractivity contribution in [1.29, 1.82) is 0 Å². The van der Waals surface area contributed by atoms with Crippen molar-refractivity contribution < 1.29 is 15.0 Å². The van der Waals surface area contributed by atoms with Crippen molar-refractivity contribution in [3.63, 3.8) is 0 Å². The topological polar surface area (TPSA) is 73.7 Å². The number of carbonyl (C=O) groups excluding carboxylic acids is 1. The standard InChI is InChI=1S/C17H20N2O3/c1-13-14(16-7-2-3-8-18-16)5-4-6-15(13)17(22)19(9-11-20)10-12-21/h2-8,20-21H,9-12H2,1H3. The highest BCUT2D eigenvalue weighted by Gasteiger charge is 2.18. The summed E-state index contributed by atoms with van der Waals surface area (Å²) in [5.41, 5.74) is 3.11. The van der Waals surface area contributed by atoms with Crippen molar-refractivity contribution in [2.45, 2.75) is 6.92 Å². The second-order valence-electron chi connectivity index (χ2n) is 4.93. The van der Waals surface area contributed by atoms with E-state index in [1.807, 2.05) is 37.3 Å². The highest BCUT2D eigenvalue weighted by Crippen LogP contribution is 2.24. The Bertz CT molecular complexity index is 623.